The van der Waals surface area contributed by atoms with E-state index in [0.717, 1.165) is 83.5 Å². The Morgan fingerprint density at radius 2 is 0.710 bits per heavy atom. The van der Waals surface area contributed by atoms with Crippen LogP contribution in [0.5, 0.6) is 0 Å². The maximum absolute atomic E-state index is 11.7. The van der Waals surface area contributed by atoms with Crippen LogP contribution in [0.3, 0.4) is 0 Å². The van der Waals surface area contributed by atoms with Crippen molar-refractivity contribution in [1.82, 2.24) is 0 Å². The van der Waals surface area contributed by atoms with Crippen LogP contribution in [-0.4, -0.2) is 81.8 Å². The molecule has 2 aliphatic carbocycles. The second-order valence-electron chi connectivity index (χ2n) is 34.5. The van der Waals surface area contributed by atoms with E-state index in [1.54, 1.807) is 0 Å². The molecule has 2 aliphatic rings. The molecule has 2 aromatic carbocycles. The molecule has 582 valence electrons. The lowest BCUT2D eigenvalue weighted by Gasteiger charge is -2.45. The Morgan fingerprint density at radius 1 is 0.420 bits per heavy atom. The summed E-state index contributed by atoms with van der Waals surface area (Å²) < 4.78 is 35.2. The molecule has 2 aromatic rings. The highest BCUT2D eigenvalue weighted by molar-refractivity contribution is 6.79. The molecule has 0 aliphatic heterocycles. The van der Waals surface area contributed by atoms with E-state index < -0.39 is 39.2 Å². The number of carbonyl (C=O) groups excluding carboxylic acids is 1. The lowest BCUT2D eigenvalue weighted by Crippen LogP contribution is -2.51. The molecule has 0 saturated heterocycles. The van der Waals surface area contributed by atoms with E-state index in [1.807, 2.05) is 0 Å². The molecule has 1 N–H and O–H groups in total. The number of esters is 1. The number of carboxylic acids is 1. The first-order chi connectivity index (χ1) is 45.5. The van der Waals surface area contributed by atoms with Gasteiger partial charge < -0.3 is 27.5 Å². The number of aryl methyl sites for hydroxylation is 2. The van der Waals surface area contributed by atoms with Gasteiger partial charge in [-0.1, -0.05) is 287 Å². The summed E-state index contributed by atoms with van der Waals surface area (Å²) in [5.41, 5.74) is 9.69. The van der Waals surface area contributed by atoms with Gasteiger partial charge in [-0.3, -0.25) is 9.59 Å². The summed E-state index contributed by atoms with van der Waals surface area (Å²) in [5.74, 6) is 2.60. The molecular weight excluding hydrogens is 1300 g/mol. The Morgan fingerprint density at radius 3 is 0.980 bits per heavy atom. The number of benzene rings is 2. The molecule has 4 rings (SSSR count). The number of carbonyl (C=O) groups is 2. The highest BCUT2D eigenvalue weighted by Crippen LogP contribution is 2.54. The van der Waals surface area contributed by atoms with Crippen LogP contribution in [0.4, 0.5) is 0 Å². The fourth-order valence-corrected chi connectivity index (χ4v) is 42.8. The van der Waals surface area contributed by atoms with Gasteiger partial charge in [-0.25, -0.2) is 0 Å². The lowest BCUT2D eigenvalue weighted by molar-refractivity contribution is -0.140. The quantitative estimate of drug-likeness (QED) is 0.0303. The standard InChI is InChI=1S/C43H78O4Si2.C42H76O4Si2.3CH4/c1-31(2)48(32(3)4,33(5)6)46-39(27-26-38-22-18-17-19-23-38)28-29-40-37(13)30-42(47-49(34(7)8,35(9)10)36(11)12)41(40)24-20-15-16-21-25-43(44)45-14;1-30(2)47(31(3)4,32(5)6)45-38(26-25-37-21-17-16-18-22-37)27-28-39-36(13)29-41(40(39)23-19-14-15-20-24-42(43)44)46-48(33(7)8,34(9)10)35(11)12;;;/h15,17-20,22-23,31-37,39-42H,16,21,24-30H2,1-14H3;14,16-19,21-22,30-36,38-41H,15,20,23-29H2,1-13H3,(H,43,44);3*1H4/b20-15-;19-14-;;;/t37-,39+,40+,41-,42+;36-,38+,39+,40-,41+;;;/m11.../s1. The first-order valence-corrected chi connectivity index (χ1v) is 48.5. The first-order valence-electron chi connectivity index (χ1n) is 39.9. The van der Waals surface area contributed by atoms with Crippen LogP contribution >= 0.6 is 0 Å². The average Bonchev–Trinajstić information content (AvgIpc) is 1.48. The largest absolute Gasteiger partial charge is 0.481 e. The number of methoxy groups -OCH3 is 1. The zero-order valence-electron chi connectivity index (χ0n) is 67.8. The summed E-state index contributed by atoms with van der Waals surface area (Å²) >= 11 is 0. The highest BCUT2D eigenvalue weighted by Gasteiger charge is 2.54. The number of carboxylic acid groups (broad SMARTS) is 1. The van der Waals surface area contributed by atoms with Crippen LogP contribution in [0.25, 0.3) is 0 Å². The predicted molar refractivity (Wildman–Crippen MR) is 448 cm³/mol. The molecule has 100 heavy (non-hydrogen) atoms. The molecule has 0 spiro atoms. The number of allylic oxidation sites excluding steroid dienone is 4. The average molecular weight is 1460 g/mol. The maximum atomic E-state index is 11.7. The smallest absolute Gasteiger partial charge is 0.305 e. The fourth-order valence-electron chi connectivity index (χ4n) is 20.3. The molecule has 2 fully saturated rings. The van der Waals surface area contributed by atoms with Crippen molar-refractivity contribution in [2.75, 3.05) is 7.11 Å². The van der Waals surface area contributed by atoms with E-state index in [0.29, 0.717) is 121 Å². The monoisotopic (exact) mass is 1460 g/mol. The van der Waals surface area contributed by atoms with Gasteiger partial charge in [0.15, 0.2) is 0 Å². The van der Waals surface area contributed by atoms with E-state index in [4.69, 9.17) is 27.5 Å². The van der Waals surface area contributed by atoms with Crippen LogP contribution in [0.15, 0.2) is 85.0 Å². The number of unbranched alkanes of at least 4 members (excludes halogenated alkanes) is 2. The molecule has 12 heteroatoms. The van der Waals surface area contributed by atoms with E-state index >= 15 is 0 Å². The Hall–Kier alpha value is -2.43. The minimum atomic E-state index is -2.04. The van der Waals surface area contributed by atoms with Crippen LogP contribution in [0.2, 0.25) is 66.5 Å². The summed E-state index contributed by atoms with van der Waals surface area (Å²) in [5, 5.41) is 9.11. The van der Waals surface area contributed by atoms with Crippen molar-refractivity contribution in [3.8, 4) is 0 Å². The van der Waals surface area contributed by atoms with E-state index in [1.165, 1.54) is 31.1 Å². The normalized spacial score (nSPS) is 20.9. The number of hydrogen-bond donors (Lipinski definition) is 1. The number of hydrogen-bond acceptors (Lipinski definition) is 7. The van der Waals surface area contributed by atoms with Crippen molar-refractivity contribution < 1.29 is 37.1 Å². The van der Waals surface area contributed by atoms with Crippen LogP contribution in [-0.2, 0) is 44.9 Å². The van der Waals surface area contributed by atoms with Crippen molar-refractivity contribution in [3.05, 3.63) is 96.1 Å². The van der Waals surface area contributed by atoms with Crippen LogP contribution in [0, 0.1) is 35.5 Å². The third-order valence-corrected chi connectivity index (χ3v) is 49.3. The maximum Gasteiger partial charge on any atom is 0.305 e. The molecule has 0 unspecified atom stereocenters. The second kappa shape index (κ2) is 47.3. The zero-order chi connectivity index (χ0) is 73.2. The van der Waals surface area contributed by atoms with Gasteiger partial charge in [-0.2, -0.15) is 0 Å². The SMILES string of the molecule is C.C.C.CC(C)[Si](O[C@@H](CCc1ccccc1)CC[C@@H]1[C@@H](C/C=C\CCCC(=O)O)[C@@H](O[Si](C(C)C)(C(C)C)C(C)C)C[C@H]1C)(C(C)C)C(C)C.COC(=O)CCC/C=C\C[C@@H]1[C@@H](CC[C@H](CCc2ccccc2)O[Si](C(C)C)(C(C)C)C(C)C)[C@H](C)C[C@@H]1O[Si](C(C)C)(C(C)C)C(C)C. The van der Waals surface area contributed by atoms with Gasteiger partial charge in [0, 0.05) is 37.3 Å². The predicted octanol–water partition coefficient (Wildman–Crippen LogP) is 28.0. The molecule has 2 saturated carbocycles. The Balaban J connectivity index is 0.00000190. The molecule has 0 radical (unpaired) electrons. The summed E-state index contributed by atoms with van der Waals surface area (Å²) in [6, 6.07) is 22.0. The highest BCUT2D eigenvalue weighted by atomic mass is 28.4. The molecule has 0 aromatic heterocycles. The first kappa shape index (κ1) is 97.6. The van der Waals surface area contributed by atoms with E-state index in [-0.39, 0.29) is 53.0 Å². The van der Waals surface area contributed by atoms with Gasteiger partial charge in [0.1, 0.15) is 0 Å². The van der Waals surface area contributed by atoms with Crippen molar-refractivity contribution in [2.24, 2.45) is 35.5 Å². The van der Waals surface area contributed by atoms with Crippen LogP contribution in [0.1, 0.15) is 316 Å². The Bertz CT molecular complexity index is 2440. The summed E-state index contributed by atoms with van der Waals surface area (Å²) in [4.78, 5) is 22.7. The number of aliphatic carboxylic acids is 1. The second-order valence-corrected chi connectivity index (χ2v) is 56.1. The summed E-state index contributed by atoms with van der Waals surface area (Å²) in [6.45, 7) is 62.9. The van der Waals surface area contributed by atoms with Gasteiger partial charge in [0.2, 0.25) is 33.3 Å². The van der Waals surface area contributed by atoms with Crippen molar-refractivity contribution in [3.63, 3.8) is 0 Å². The summed E-state index contributed by atoms with van der Waals surface area (Å²) in [7, 11) is -6.66. The zero-order valence-corrected chi connectivity index (χ0v) is 71.8. The fraction of sp³-hybridized carbons (Fsp3) is 0.795. The Kier molecular flexibility index (Phi) is 46.1. The third-order valence-electron chi connectivity index (χ3n) is 24.7. The molecule has 0 heterocycles. The van der Waals surface area contributed by atoms with Gasteiger partial charge in [0.05, 0.1) is 7.11 Å². The van der Waals surface area contributed by atoms with Crippen molar-refractivity contribution in [1.29, 1.82) is 0 Å². The van der Waals surface area contributed by atoms with Crippen LogP contribution < -0.4 is 0 Å². The topological polar surface area (TPSA) is 101 Å². The summed E-state index contributed by atoms with van der Waals surface area (Å²) in [6.07, 6.45) is 27.7. The molecule has 0 amide bonds. The minimum Gasteiger partial charge on any atom is -0.481 e. The molecular formula is C88H166O8Si4. The molecule has 0 bridgehead atoms. The third kappa shape index (κ3) is 27.1. The van der Waals surface area contributed by atoms with Gasteiger partial charge in [0.25, 0.3) is 0 Å². The minimum absolute atomic E-state index is 0. The Labute approximate surface area is 626 Å². The molecule has 8 nitrogen and oxygen atoms in total. The van der Waals surface area contributed by atoms with E-state index in [2.05, 4.69) is 265 Å². The van der Waals surface area contributed by atoms with Crippen molar-refractivity contribution in [2.45, 2.75) is 409 Å². The van der Waals surface area contributed by atoms with Gasteiger partial charge in [-0.15, -0.1) is 0 Å². The van der Waals surface area contributed by atoms with Gasteiger partial charge in [-0.05, 0) is 216 Å². The number of rotatable bonds is 44. The van der Waals surface area contributed by atoms with E-state index in [9.17, 15) is 9.59 Å². The van der Waals surface area contributed by atoms with Crippen molar-refractivity contribution >= 4 is 45.2 Å². The van der Waals surface area contributed by atoms with Gasteiger partial charge >= 0.3 is 11.9 Å². The number of ether oxygens (including phenoxy) is 1. The lowest BCUT2D eigenvalue weighted by atomic mass is 9.83. The molecule has 10 atom stereocenters.